The van der Waals surface area contributed by atoms with Crippen LogP contribution in [0.25, 0.3) is 5.65 Å². The molecule has 0 unspecified atom stereocenters. The van der Waals surface area contributed by atoms with Crippen LogP contribution in [0.2, 0.25) is 0 Å². The highest BCUT2D eigenvalue weighted by Crippen LogP contribution is 2.34. The van der Waals surface area contributed by atoms with E-state index in [1.165, 1.54) is 12.1 Å². The molecule has 1 saturated heterocycles. The molecule has 1 N–H and O–H groups in total. The molecular weight excluding hydrogens is 505 g/mol. The van der Waals surface area contributed by atoms with Gasteiger partial charge >= 0.3 is 6.18 Å². The van der Waals surface area contributed by atoms with Crippen molar-refractivity contribution in [1.82, 2.24) is 24.4 Å². The number of rotatable bonds is 4. The van der Waals surface area contributed by atoms with Crippen LogP contribution in [0.1, 0.15) is 38.3 Å². The number of piperazine rings is 1. The van der Waals surface area contributed by atoms with E-state index in [0.29, 0.717) is 30.0 Å². The lowest BCUT2D eigenvalue weighted by Gasteiger charge is -2.33. The molecule has 0 atom stereocenters. The molecule has 39 heavy (non-hydrogen) atoms. The average molecular weight is 533 g/mol. The maximum atomic E-state index is 13.9. The van der Waals surface area contributed by atoms with Gasteiger partial charge in [0.1, 0.15) is 5.69 Å². The minimum absolute atomic E-state index is 0.0832. The van der Waals surface area contributed by atoms with Crippen molar-refractivity contribution in [2.24, 2.45) is 0 Å². The third kappa shape index (κ3) is 6.28. The molecule has 0 bridgehead atoms. The van der Waals surface area contributed by atoms with Gasteiger partial charge in [0.05, 0.1) is 11.8 Å². The van der Waals surface area contributed by atoms with Gasteiger partial charge in [0.25, 0.3) is 5.91 Å². The number of anilines is 1. The summed E-state index contributed by atoms with van der Waals surface area (Å²) in [6.45, 7) is 5.12. The lowest BCUT2D eigenvalue weighted by Crippen LogP contribution is -2.44. The van der Waals surface area contributed by atoms with Crippen LogP contribution in [-0.4, -0.2) is 63.5 Å². The van der Waals surface area contributed by atoms with Gasteiger partial charge in [-0.15, -0.1) is 0 Å². The first-order chi connectivity index (χ1) is 18.7. The third-order valence-corrected chi connectivity index (χ3v) is 6.72. The lowest BCUT2D eigenvalue weighted by molar-refractivity contribution is -0.138. The molecule has 2 aromatic heterocycles. The van der Waals surface area contributed by atoms with E-state index in [9.17, 15) is 18.0 Å². The number of aromatic nitrogens is 3. The number of fused-ring (bicyclic) bond motifs is 1. The summed E-state index contributed by atoms with van der Waals surface area (Å²) >= 11 is 0. The Morgan fingerprint density at radius 1 is 1.05 bits per heavy atom. The fraction of sp³-hybridized carbons (Fsp3) is 0.276. The Hall–Kier alpha value is -4.20. The van der Waals surface area contributed by atoms with Crippen LogP contribution in [0.15, 0.2) is 60.9 Å². The molecule has 2 aromatic carbocycles. The third-order valence-electron chi connectivity index (χ3n) is 6.72. The van der Waals surface area contributed by atoms with E-state index < -0.39 is 17.6 Å². The number of alkyl halides is 3. The zero-order valence-corrected chi connectivity index (χ0v) is 21.6. The number of hydrogen-bond acceptors (Lipinski definition) is 5. The number of benzene rings is 2. The highest BCUT2D eigenvalue weighted by molar-refractivity contribution is 6.04. The summed E-state index contributed by atoms with van der Waals surface area (Å²) in [5.41, 5.74) is 2.49. The number of aryl methyl sites for hydroxylation is 1. The predicted molar refractivity (Wildman–Crippen MR) is 142 cm³/mol. The molecule has 7 nitrogen and oxygen atoms in total. The number of hydrogen-bond donors (Lipinski definition) is 1. The number of nitrogens with one attached hydrogen (secondary N) is 1. The molecular formula is C29H27F3N6O. The van der Waals surface area contributed by atoms with E-state index in [-0.39, 0.29) is 23.4 Å². The predicted octanol–water partition coefficient (Wildman–Crippen LogP) is 4.46. The molecule has 10 heteroatoms. The van der Waals surface area contributed by atoms with Crippen molar-refractivity contribution in [3.05, 3.63) is 94.4 Å². The fourth-order valence-electron chi connectivity index (χ4n) is 4.43. The molecule has 1 aliphatic heterocycles. The quantitative estimate of drug-likeness (QED) is 0.394. The van der Waals surface area contributed by atoms with Crippen LogP contribution in [0.3, 0.4) is 0 Å². The molecule has 1 amide bonds. The summed E-state index contributed by atoms with van der Waals surface area (Å²) in [4.78, 5) is 21.5. The van der Waals surface area contributed by atoms with Crippen LogP contribution in [0.4, 0.5) is 18.9 Å². The second kappa shape index (κ2) is 10.9. The molecule has 4 aromatic rings. The molecule has 0 spiro atoms. The van der Waals surface area contributed by atoms with E-state index >= 15 is 0 Å². The van der Waals surface area contributed by atoms with E-state index in [1.54, 1.807) is 41.2 Å². The summed E-state index contributed by atoms with van der Waals surface area (Å²) in [5, 5.41) is 6.78. The molecule has 1 fully saturated rings. The molecule has 5 rings (SSSR count). The number of carbonyl (C=O) groups is 1. The van der Waals surface area contributed by atoms with Crippen LogP contribution >= 0.6 is 0 Å². The number of amides is 1. The van der Waals surface area contributed by atoms with Crippen LogP contribution in [-0.2, 0) is 12.7 Å². The van der Waals surface area contributed by atoms with Crippen molar-refractivity contribution in [3.63, 3.8) is 0 Å². The summed E-state index contributed by atoms with van der Waals surface area (Å²) in [7, 11) is 2.00. The number of likely N-dealkylation sites (N-methyl/N-ethyl adjacent to an activating group) is 1. The fourth-order valence-corrected chi connectivity index (χ4v) is 4.43. The number of carbonyl (C=O) groups excluding carboxylic acids is 1. The summed E-state index contributed by atoms with van der Waals surface area (Å²) < 4.78 is 43.4. The highest BCUT2D eigenvalue weighted by Gasteiger charge is 2.34. The standard InChI is InChI=1S/C29H27F3N6O/c1-20-5-6-22(16-21(20)7-10-25-19-38-27(34-25)4-3-11-33-38)28(39)35-24-9-8-23(26(17-24)29(30,31)32)18-37-14-12-36(2)13-15-37/h3-6,8-9,11,16-17,19H,12-15,18H2,1-2H3,(H,35,39). The largest absolute Gasteiger partial charge is 0.416 e. The van der Waals surface area contributed by atoms with E-state index in [1.807, 2.05) is 24.9 Å². The van der Waals surface area contributed by atoms with Crippen LogP contribution < -0.4 is 5.32 Å². The zero-order chi connectivity index (χ0) is 27.6. The van der Waals surface area contributed by atoms with Gasteiger partial charge in [-0.05, 0) is 67.4 Å². The molecule has 0 radical (unpaired) electrons. The van der Waals surface area contributed by atoms with Crippen molar-refractivity contribution < 1.29 is 18.0 Å². The normalized spacial score (nSPS) is 14.7. The second-order valence-electron chi connectivity index (χ2n) is 9.64. The minimum atomic E-state index is -4.54. The van der Waals surface area contributed by atoms with Crippen molar-refractivity contribution >= 4 is 17.2 Å². The number of imidazole rings is 1. The van der Waals surface area contributed by atoms with Crippen molar-refractivity contribution in [3.8, 4) is 11.8 Å². The van der Waals surface area contributed by atoms with E-state index in [4.69, 9.17) is 0 Å². The molecule has 1 aliphatic rings. The molecule has 3 heterocycles. The number of halogens is 3. The molecule has 0 aliphatic carbocycles. The van der Waals surface area contributed by atoms with Gasteiger partial charge in [-0.3, -0.25) is 9.69 Å². The Kier molecular flexibility index (Phi) is 7.37. The topological polar surface area (TPSA) is 65.8 Å². The average Bonchev–Trinajstić information content (AvgIpc) is 3.33. The van der Waals surface area contributed by atoms with Gasteiger partial charge in [-0.1, -0.05) is 18.1 Å². The highest BCUT2D eigenvalue weighted by atomic mass is 19.4. The Morgan fingerprint density at radius 2 is 1.85 bits per heavy atom. The van der Waals surface area contributed by atoms with Gasteiger partial charge in [-0.25, -0.2) is 9.50 Å². The lowest BCUT2D eigenvalue weighted by atomic mass is 10.0. The van der Waals surface area contributed by atoms with Gasteiger partial charge in [-0.2, -0.15) is 18.3 Å². The monoisotopic (exact) mass is 532 g/mol. The maximum absolute atomic E-state index is 13.9. The number of nitrogens with zero attached hydrogens (tertiary/aromatic N) is 5. The first-order valence-corrected chi connectivity index (χ1v) is 12.5. The second-order valence-corrected chi connectivity index (χ2v) is 9.64. The van der Waals surface area contributed by atoms with E-state index in [0.717, 1.165) is 24.7 Å². The minimum Gasteiger partial charge on any atom is -0.322 e. The van der Waals surface area contributed by atoms with E-state index in [2.05, 4.69) is 32.1 Å². The Labute approximate surface area is 224 Å². The molecule has 0 saturated carbocycles. The molecule has 200 valence electrons. The van der Waals surface area contributed by atoms with Crippen molar-refractivity contribution in [2.75, 3.05) is 38.5 Å². The zero-order valence-electron chi connectivity index (χ0n) is 21.6. The van der Waals surface area contributed by atoms with Crippen LogP contribution in [0.5, 0.6) is 0 Å². The maximum Gasteiger partial charge on any atom is 0.416 e. The van der Waals surface area contributed by atoms with Gasteiger partial charge < -0.3 is 10.2 Å². The summed E-state index contributed by atoms with van der Waals surface area (Å²) in [6.07, 6.45) is -1.18. The van der Waals surface area contributed by atoms with Gasteiger partial charge in [0.15, 0.2) is 5.65 Å². The van der Waals surface area contributed by atoms with Crippen molar-refractivity contribution in [2.45, 2.75) is 19.6 Å². The van der Waals surface area contributed by atoms with Gasteiger partial charge in [0, 0.05) is 55.7 Å². The SMILES string of the molecule is Cc1ccc(C(=O)Nc2ccc(CN3CCN(C)CC3)c(C(F)(F)F)c2)cc1C#Cc1cn2ncccc2n1. The Morgan fingerprint density at radius 3 is 2.59 bits per heavy atom. The summed E-state index contributed by atoms with van der Waals surface area (Å²) in [6, 6.07) is 12.6. The smallest absolute Gasteiger partial charge is 0.322 e. The van der Waals surface area contributed by atoms with Gasteiger partial charge in [0.2, 0.25) is 0 Å². The van der Waals surface area contributed by atoms with Crippen LogP contribution in [0, 0.1) is 18.8 Å². The first-order valence-electron chi connectivity index (χ1n) is 12.5. The Balaban J connectivity index is 1.34. The van der Waals surface area contributed by atoms with Crippen molar-refractivity contribution in [1.29, 1.82) is 0 Å². The first kappa shape index (κ1) is 26.4. The Bertz CT molecular complexity index is 1540. The summed E-state index contributed by atoms with van der Waals surface area (Å²) in [5.74, 6) is 5.51.